The highest BCUT2D eigenvalue weighted by molar-refractivity contribution is 6.10. The maximum Gasteiger partial charge on any atom is 0.113 e. The number of aromatic nitrogens is 1. The van der Waals surface area contributed by atoms with Gasteiger partial charge in [-0.05, 0) is 82.3 Å². The largest absolute Gasteiger partial charge is 0.343 e. The van der Waals surface area contributed by atoms with E-state index in [0.29, 0.717) is 18.4 Å². The number of nitrogens with one attached hydrogen (secondary N) is 1. The van der Waals surface area contributed by atoms with E-state index < -0.39 is 0 Å². The van der Waals surface area contributed by atoms with Crippen molar-refractivity contribution in [1.29, 1.82) is 0 Å². The van der Waals surface area contributed by atoms with Crippen molar-refractivity contribution in [2.75, 3.05) is 25.5 Å². The number of piperidine rings is 1. The third kappa shape index (κ3) is 6.79. The first kappa shape index (κ1) is 27.5. The average Bonchev–Trinajstić information content (AvgIpc) is 3.29. The minimum atomic E-state index is 0.603. The Balaban J connectivity index is 0.00000176. The van der Waals surface area contributed by atoms with Gasteiger partial charge in [-0.1, -0.05) is 37.6 Å². The number of anilines is 1. The summed E-state index contributed by atoms with van der Waals surface area (Å²) in [4.78, 5) is 16.5. The van der Waals surface area contributed by atoms with E-state index in [1.54, 1.807) is 7.05 Å². The van der Waals surface area contributed by atoms with Crippen LogP contribution in [-0.2, 0) is 6.42 Å². The van der Waals surface area contributed by atoms with Crippen molar-refractivity contribution in [2.24, 2.45) is 9.98 Å². The number of fused-ring (bicyclic) bond motifs is 1. The molecule has 1 saturated heterocycles. The SMILES string of the molecule is C=CCCN1CCC(c2cccc(NC3=Nc4ccc(C(C=NC)=C(C)C)nc4C3)c2)CC1C.CC. The zero-order valence-corrected chi connectivity index (χ0v) is 23.0. The standard InChI is InChI=1S/C29H37N5.C2H6/c1-6-7-14-34-15-13-23(16-21(34)4)22-9-8-10-24(17-22)31-29-18-28-27(33-29)12-11-26(32-28)25(19-30-5)20(2)3;1-2/h6,8-12,17,19,21,23H,1,7,13-16,18H2,2-5H3,(H,31,33);1-2H3. The number of hydrogen-bond acceptors (Lipinski definition) is 5. The van der Waals surface area contributed by atoms with Gasteiger partial charge < -0.3 is 10.2 Å². The number of pyridine rings is 1. The molecule has 2 atom stereocenters. The number of nitrogens with zero attached hydrogens (tertiary/aromatic N) is 4. The van der Waals surface area contributed by atoms with Crippen LogP contribution in [0.2, 0.25) is 0 Å². The van der Waals surface area contributed by atoms with Gasteiger partial charge in [0.25, 0.3) is 0 Å². The molecule has 0 radical (unpaired) electrons. The van der Waals surface area contributed by atoms with Crippen LogP contribution >= 0.6 is 0 Å². The highest BCUT2D eigenvalue weighted by Crippen LogP contribution is 2.33. The van der Waals surface area contributed by atoms with Crippen LogP contribution in [0.1, 0.15) is 76.8 Å². The molecule has 192 valence electrons. The molecule has 3 heterocycles. The van der Waals surface area contributed by atoms with Gasteiger partial charge in [-0.25, -0.2) is 4.99 Å². The maximum absolute atomic E-state index is 4.90. The van der Waals surface area contributed by atoms with Crippen molar-refractivity contribution in [3.63, 3.8) is 0 Å². The molecule has 5 nitrogen and oxygen atoms in total. The molecule has 0 spiro atoms. The lowest BCUT2D eigenvalue weighted by Gasteiger charge is -2.38. The molecule has 0 bridgehead atoms. The van der Waals surface area contributed by atoms with Crippen molar-refractivity contribution >= 4 is 29.0 Å². The molecule has 1 aromatic carbocycles. The quantitative estimate of drug-likeness (QED) is 0.327. The Kier molecular flexibility index (Phi) is 10.2. The van der Waals surface area contributed by atoms with Crippen LogP contribution in [0.4, 0.5) is 11.4 Å². The summed E-state index contributed by atoms with van der Waals surface area (Å²) in [6, 6.07) is 13.6. The fraction of sp³-hybridized carbons (Fsp3) is 0.452. The molecule has 2 aromatic rings. The van der Waals surface area contributed by atoms with Gasteiger partial charge in [-0.2, -0.15) is 0 Å². The number of rotatable bonds is 7. The van der Waals surface area contributed by atoms with Crippen LogP contribution in [0.25, 0.3) is 5.57 Å². The van der Waals surface area contributed by atoms with E-state index in [4.69, 9.17) is 9.98 Å². The van der Waals surface area contributed by atoms with Gasteiger partial charge >= 0.3 is 0 Å². The summed E-state index contributed by atoms with van der Waals surface area (Å²) < 4.78 is 0. The lowest BCUT2D eigenvalue weighted by atomic mass is 9.85. The third-order valence-electron chi connectivity index (χ3n) is 6.89. The molecule has 4 rings (SSSR count). The van der Waals surface area contributed by atoms with Crippen LogP contribution in [0.5, 0.6) is 0 Å². The Morgan fingerprint density at radius 1 is 1.22 bits per heavy atom. The van der Waals surface area contributed by atoms with Gasteiger partial charge in [0.1, 0.15) is 5.84 Å². The summed E-state index contributed by atoms with van der Waals surface area (Å²) in [5.74, 6) is 1.55. The second-order valence-electron chi connectivity index (χ2n) is 9.63. The van der Waals surface area contributed by atoms with Crippen LogP contribution in [0, 0.1) is 0 Å². The first-order valence-electron chi connectivity index (χ1n) is 13.4. The number of likely N-dealkylation sites (tertiary alicyclic amines) is 1. The monoisotopic (exact) mass is 485 g/mol. The average molecular weight is 486 g/mol. The van der Waals surface area contributed by atoms with Crippen LogP contribution in [-0.4, -0.2) is 48.1 Å². The maximum atomic E-state index is 4.90. The number of allylic oxidation sites excluding steroid dienone is 2. The zero-order valence-electron chi connectivity index (χ0n) is 23.0. The van der Waals surface area contributed by atoms with Crippen molar-refractivity contribution in [2.45, 2.75) is 72.3 Å². The Labute approximate surface area is 218 Å². The Bertz CT molecular complexity index is 1120. The second-order valence-corrected chi connectivity index (χ2v) is 9.63. The summed E-state index contributed by atoms with van der Waals surface area (Å²) in [5, 5.41) is 3.56. The number of amidine groups is 1. The van der Waals surface area contributed by atoms with E-state index in [2.05, 4.69) is 72.9 Å². The van der Waals surface area contributed by atoms with Gasteiger partial charge in [0.05, 0.1) is 23.5 Å². The van der Waals surface area contributed by atoms with Crippen LogP contribution in [0.3, 0.4) is 0 Å². The Hall–Kier alpha value is -3.05. The molecule has 0 saturated carbocycles. The number of hydrogen-bond donors (Lipinski definition) is 1. The van der Waals surface area contributed by atoms with Crippen molar-refractivity contribution in [3.05, 3.63) is 71.6 Å². The molecule has 1 N–H and O–H groups in total. The number of benzene rings is 1. The molecule has 2 aliphatic rings. The minimum Gasteiger partial charge on any atom is -0.343 e. The summed E-state index contributed by atoms with van der Waals surface area (Å²) in [6.45, 7) is 16.7. The van der Waals surface area contributed by atoms with Crippen molar-refractivity contribution in [1.82, 2.24) is 9.88 Å². The van der Waals surface area contributed by atoms with E-state index in [0.717, 1.165) is 53.7 Å². The van der Waals surface area contributed by atoms with Gasteiger partial charge in [-0.3, -0.25) is 9.98 Å². The summed E-state index contributed by atoms with van der Waals surface area (Å²) in [6.07, 6.45) is 8.09. The smallest absolute Gasteiger partial charge is 0.113 e. The Morgan fingerprint density at radius 3 is 2.72 bits per heavy atom. The molecule has 5 heteroatoms. The van der Waals surface area contributed by atoms with Gasteiger partial charge in [-0.15, -0.1) is 6.58 Å². The molecule has 36 heavy (non-hydrogen) atoms. The topological polar surface area (TPSA) is 52.9 Å². The molecular formula is C31H43N5. The van der Waals surface area contributed by atoms with Crippen molar-refractivity contribution in [3.8, 4) is 0 Å². The fourth-order valence-electron chi connectivity index (χ4n) is 5.02. The van der Waals surface area contributed by atoms with E-state index in [-0.39, 0.29) is 0 Å². The summed E-state index contributed by atoms with van der Waals surface area (Å²) in [7, 11) is 1.79. The highest BCUT2D eigenvalue weighted by Gasteiger charge is 2.26. The first-order chi connectivity index (χ1) is 17.5. The third-order valence-corrected chi connectivity index (χ3v) is 6.89. The molecule has 2 aliphatic heterocycles. The molecule has 0 aliphatic carbocycles. The lowest BCUT2D eigenvalue weighted by Crippen LogP contribution is -2.40. The van der Waals surface area contributed by atoms with Gasteiger partial charge in [0.2, 0.25) is 0 Å². The number of aliphatic imine (C=N–C) groups is 2. The molecule has 1 aromatic heterocycles. The first-order valence-corrected chi connectivity index (χ1v) is 13.4. The molecule has 1 fully saturated rings. The van der Waals surface area contributed by atoms with Crippen LogP contribution in [0.15, 0.2) is 64.6 Å². The van der Waals surface area contributed by atoms with E-state index in [1.807, 2.05) is 32.2 Å². The van der Waals surface area contributed by atoms with Crippen molar-refractivity contribution < 1.29 is 0 Å². The fourth-order valence-corrected chi connectivity index (χ4v) is 5.02. The normalized spacial score (nSPS) is 19.2. The Morgan fingerprint density at radius 2 is 2.03 bits per heavy atom. The van der Waals surface area contributed by atoms with Gasteiger partial charge in [0.15, 0.2) is 0 Å². The highest BCUT2D eigenvalue weighted by atomic mass is 15.2. The van der Waals surface area contributed by atoms with E-state index >= 15 is 0 Å². The summed E-state index contributed by atoms with van der Waals surface area (Å²) >= 11 is 0. The molecular weight excluding hydrogens is 442 g/mol. The summed E-state index contributed by atoms with van der Waals surface area (Å²) in [5.41, 5.74) is 7.72. The zero-order chi connectivity index (χ0) is 26.1. The molecule has 0 amide bonds. The van der Waals surface area contributed by atoms with E-state index in [9.17, 15) is 0 Å². The predicted molar refractivity (Wildman–Crippen MR) is 157 cm³/mol. The lowest BCUT2D eigenvalue weighted by molar-refractivity contribution is 0.149. The van der Waals surface area contributed by atoms with Crippen LogP contribution < -0.4 is 5.32 Å². The second kappa shape index (κ2) is 13.3. The van der Waals surface area contributed by atoms with Gasteiger partial charge in [0, 0.05) is 37.1 Å². The minimum absolute atomic E-state index is 0.603. The predicted octanol–water partition coefficient (Wildman–Crippen LogP) is 7.44. The molecule has 2 unspecified atom stereocenters. The van der Waals surface area contributed by atoms with E-state index in [1.165, 1.54) is 24.0 Å².